The molecule has 0 aliphatic carbocycles. The fraction of sp³-hybridized carbons (Fsp3) is 0.833. The van der Waals surface area contributed by atoms with E-state index in [9.17, 15) is 9.59 Å². The molecule has 104 valence electrons. The second-order valence-electron chi connectivity index (χ2n) is 5.01. The Labute approximate surface area is 108 Å². The van der Waals surface area contributed by atoms with Crippen LogP contribution in [0.25, 0.3) is 0 Å². The number of carboxylic acid groups (broad SMARTS) is 1. The highest BCUT2D eigenvalue weighted by molar-refractivity contribution is 5.78. The van der Waals surface area contributed by atoms with Crippen molar-refractivity contribution in [2.24, 2.45) is 0 Å². The van der Waals surface area contributed by atoms with Crippen LogP contribution in [0.2, 0.25) is 0 Å². The molecule has 1 aliphatic heterocycles. The predicted molar refractivity (Wildman–Crippen MR) is 68.4 cm³/mol. The summed E-state index contributed by atoms with van der Waals surface area (Å²) in [5.74, 6) is -0.851. The molecule has 3 N–H and O–H groups in total. The minimum Gasteiger partial charge on any atom is -0.481 e. The molecule has 6 nitrogen and oxygen atoms in total. The first-order chi connectivity index (χ1) is 8.47. The van der Waals surface area contributed by atoms with E-state index in [0.29, 0.717) is 31.6 Å². The third kappa shape index (κ3) is 5.97. The van der Waals surface area contributed by atoms with E-state index < -0.39 is 5.97 Å². The Balaban J connectivity index is 2.17. The van der Waals surface area contributed by atoms with Gasteiger partial charge in [-0.2, -0.15) is 0 Å². The summed E-state index contributed by atoms with van der Waals surface area (Å²) in [6.45, 7) is 6.77. The number of nitrogens with zero attached hydrogens (tertiary/aromatic N) is 1. The highest BCUT2D eigenvalue weighted by Crippen LogP contribution is 2.03. The van der Waals surface area contributed by atoms with E-state index in [1.165, 1.54) is 0 Å². The molecule has 1 saturated heterocycles. The van der Waals surface area contributed by atoms with Gasteiger partial charge < -0.3 is 15.7 Å². The maximum Gasteiger partial charge on any atom is 0.303 e. The van der Waals surface area contributed by atoms with Crippen molar-refractivity contribution >= 4 is 11.9 Å². The lowest BCUT2D eigenvalue weighted by Gasteiger charge is -2.35. The summed E-state index contributed by atoms with van der Waals surface area (Å²) in [5.41, 5.74) is 0. The van der Waals surface area contributed by atoms with Crippen LogP contribution in [0, 0.1) is 0 Å². The van der Waals surface area contributed by atoms with Crippen LogP contribution in [0.4, 0.5) is 0 Å². The minimum atomic E-state index is -0.825. The number of aliphatic carboxylic acids is 1. The van der Waals surface area contributed by atoms with Crippen LogP contribution in [-0.4, -0.2) is 60.1 Å². The van der Waals surface area contributed by atoms with Crippen LogP contribution >= 0.6 is 0 Å². The first-order valence-electron chi connectivity index (χ1n) is 6.44. The summed E-state index contributed by atoms with van der Waals surface area (Å²) >= 11 is 0. The van der Waals surface area contributed by atoms with E-state index in [1.54, 1.807) is 0 Å². The number of rotatable bonds is 6. The fourth-order valence-corrected chi connectivity index (χ4v) is 2.30. The van der Waals surface area contributed by atoms with E-state index >= 15 is 0 Å². The molecule has 2 atom stereocenters. The van der Waals surface area contributed by atoms with Crippen molar-refractivity contribution < 1.29 is 14.7 Å². The molecule has 0 saturated carbocycles. The summed E-state index contributed by atoms with van der Waals surface area (Å²) in [5, 5.41) is 14.6. The summed E-state index contributed by atoms with van der Waals surface area (Å²) < 4.78 is 0. The Kier molecular flexibility index (Phi) is 6.07. The number of piperazine rings is 1. The quantitative estimate of drug-likeness (QED) is 0.567. The van der Waals surface area contributed by atoms with Crippen molar-refractivity contribution in [2.75, 3.05) is 26.2 Å². The van der Waals surface area contributed by atoms with Crippen molar-refractivity contribution in [2.45, 2.75) is 38.8 Å². The first kappa shape index (κ1) is 14.9. The molecule has 0 aromatic carbocycles. The van der Waals surface area contributed by atoms with Gasteiger partial charge in [-0.05, 0) is 20.3 Å². The average Bonchev–Trinajstić information content (AvgIpc) is 2.22. The topological polar surface area (TPSA) is 81.7 Å². The van der Waals surface area contributed by atoms with Gasteiger partial charge in [-0.1, -0.05) is 0 Å². The molecule has 1 amide bonds. The molecule has 2 unspecified atom stereocenters. The SMILES string of the molecule is CC1CN(CC(=O)NCCCC(=O)O)CC(C)N1. The van der Waals surface area contributed by atoms with Gasteiger partial charge in [0.25, 0.3) is 0 Å². The van der Waals surface area contributed by atoms with Gasteiger partial charge in [-0.3, -0.25) is 14.5 Å². The maximum atomic E-state index is 11.6. The Morgan fingerprint density at radius 1 is 1.33 bits per heavy atom. The highest BCUT2D eigenvalue weighted by atomic mass is 16.4. The lowest BCUT2D eigenvalue weighted by Crippen LogP contribution is -2.56. The number of amides is 1. The van der Waals surface area contributed by atoms with E-state index in [0.717, 1.165) is 13.1 Å². The monoisotopic (exact) mass is 257 g/mol. The number of carbonyl (C=O) groups is 2. The molecule has 0 spiro atoms. The number of carbonyl (C=O) groups excluding carboxylic acids is 1. The van der Waals surface area contributed by atoms with E-state index in [1.807, 2.05) is 0 Å². The van der Waals surface area contributed by atoms with Gasteiger partial charge in [-0.25, -0.2) is 0 Å². The molecular formula is C12H23N3O3. The van der Waals surface area contributed by atoms with Crippen molar-refractivity contribution in [1.82, 2.24) is 15.5 Å². The van der Waals surface area contributed by atoms with Crippen LogP contribution in [-0.2, 0) is 9.59 Å². The van der Waals surface area contributed by atoms with Gasteiger partial charge in [0.1, 0.15) is 0 Å². The number of hydrogen-bond donors (Lipinski definition) is 3. The van der Waals surface area contributed by atoms with E-state index in [2.05, 4.69) is 29.4 Å². The van der Waals surface area contributed by atoms with Crippen molar-refractivity contribution in [3.8, 4) is 0 Å². The van der Waals surface area contributed by atoms with Crippen LogP contribution in [0.5, 0.6) is 0 Å². The molecule has 0 aromatic heterocycles. The third-order valence-corrected chi connectivity index (χ3v) is 2.89. The molecule has 0 aromatic rings. The largest absolute Gasteiger partial charge is 0.481 e. The summed E-state index contributed by atoms with van der Waals surface area (Å²) in [6, 6.07) is 0.794. The molecule has 0 radical (unpaired) electrons. The van der Waals surface area contributed by atoms with Crippen molar-refractivity contribution in [3.05, 3.63) is 0 Å². The van der Waals surface area contributed by atoms with E-state index in [-0.39, 0.29) is 12.3 Å². The predicted octanol–water partition coefficient (Wildman–Crippen LogP) is -0.350. The molecule has 1 rings (SSSR count). The van der Waals surface area contributed by atoms with E-state index in [4.69, 9.17) is 5.11 Å². The van der Waals surface area contributed by atoms with Gasteiger partial charge in [0.15, 0.2) is 0 Å². The van der Waals surface area contributed by atoms with Gasteiger partial charge in [0.05, 0.1) is 6.54 Å². The van der Waals surface area contributed by atoms with Gasteiger partial charge >= 0.3 is 5.97 Å². The van der Waals surface area contributed by atoms with Gasteiger partial charge in [0, 0.05) is 38.1 Å². The average molecular weight is 257 g/mol. The standard InChI is InChI=1S/C12H23N3O3/c1-9-6-15(7-10(2)14-9)8-11(16)13-5-3-4-12(17)18/h9-10,14H,3-8H2,1-2H3,(H,13,16)(H,17,18). The smallest absolute Gasteiger partial charge is 0.303 e. The normalized spacial score (nSPS) is 24.8. The zero-order valence-electron chi connectivity index (χ0n) is 11.1. The minimum absolute atomic E-state index is 0.0262. The number of hydrogen-bond acceptors (Lipinski definition) is 4. The molecule has 18 heavy (non-hydrogen) atoms. The second kappa shape index (κ2) is 7.33. The van der Waals surface area contributed by atoms with Crippen LogP contribution in [0.15, 0.2) is 0 Å². The van der Waals surface area contributed by atoms with Gasteiger partial charge in [-0.15, -0.1) is 0 Å². The molecular weight excluding hydrogens is 234 g/mol. The Morgan fingerprint density at radius 2 is 1.94 bits per heavy atom. The first-order valence-corrected chi connectivity index (χ1v) is 6.44. The second-order valence-corrected chi connectivity index (χ2v) is 5.01. The zero-order valence-corrected chi connectivity index (χ0v) is 11.1. The molecule has 0 bridgehead atoms. The number of carboxylic acids is 1. The zero-order chi connectivity index (χ0) is 13.5. The summed E-state index contributed by atoms with van der Waals surface area (Å²) in [7, 11) is 0. The van der Waals surface area contributed by atoms with Crippen molar-refractivity contribution in [1.29, 1.82) is 0 Å². The van der Waals surface area contributed by atoms with Crippen LogP contribution < -0.4 is 10.6 Å². The Hall–Kier alpha value is -1.14. The van der Waals surface area contributed by atoms with Crippen LogP contribution in [0.1, 0.15) is 26.7 Å². The highest BCUT2D eigenvalue weighted by Gasteiger charge is 2.22. The molecule has 1 fully saturated rings. The molecule has 1 aliphatic rings. The molecule has 1 heterocycles. The summed E-state index contributed by atoms with van der Waals surface area (Å²) in [4.78, 5) is 24.1. The van der Waals surface area contributed by atoms with Crippen LogP contribution in [0.3, 0.4) is 0 Å². The summed E-state index contributed by atoms with van der Waals surface area (Å²) in [6.07, 6.45) is 0.581. The maximum absolute atomic E-state index is 11.6. The molecule has 6 heteroatoms. The lowest BCUT2D eigenvalue weighted by atomic mass is 10.1. The van der Waals surface area contributed by atoms with Gasteiger partial charge in [0.2, 0.25) is 5.91 Å². The third-order valence-electron chi connectivity index (χ3n) is 2.89. The lowest BCUT2D eigenvalue weighted by molar-refractivity contribution is -0.137. The Bertz CT molecular complexity index is 286. The van der Waals surface area contributed by atoms with Crippen molar-refractivity contribution in [3.63, 3.8) is 0 Å². The number of nitrogens with one attached hydrogen (secondary N) is 2. The fourth-order valence-electron chi connectivity index (χ4n) is 2.30. The Morgan fingerprint density at radius 3 is 2.50 bits per heavy atom.